The molecule has 1 amide bonds. The molecule has 0 bridgehead atoms. The Kier molecular flexibility index (Phi) is 7.38. The van der Waals surface area contributed by atoms with E-state index in [0.717, 1.165) is 5.56 Å². The van der Waals surface area contributed by atoms with Gasteiger partial charge in [0.2, 0.25) is 0 Å². The van der Waals surface area contributed by atoms with Crippen LogP contribution in [-0.4, -0.2) is 41.1 Å². The van der Waals surface area contributed by atoms with Crippen LogP contribution in [0.1, 0.15) is 31.6 Å². The maximum atomic E-state index is 11.7. The summed E-state index contributed by atoms with van der Waals surface area (Å²) >= 11 is 1.39. The van der Waals surface area contributed by atoms with E-state index in [1.807, 2.05) is 30.3 Å². The van der Waals surface area contributed by atoms with Gasteiger partial charge in [-0.25, -0.2) is 9.59 Å². The zero-order valence-corrected chi connectivity index (χ0v) is 14.4. The molecule has 1 unspecified atom stereocenters. The van der Waals surface area contributed by atoms with Crippen LogP contribution in [0.5, 0.6) is 0 Å². The molecule has 0 saturated heterocycles. The minimum Gasteiger partial charge on any atom is -0.480 e. The summed E-state index contributed by atoms with van der Waals surface area (Å²) in [5.41, 5.74) is 6.12. The first kappa shape index (κ1) is 19.3. The number of alkyl carbamates (subject to hydrolysis) is 1. The number of aliphatic carboxylic acids is 1. The summed E-state index contributed by atoms with van der Waals surface area (Å²) in [5.74, 6) is -0.905. The summed E-state index contributed by atoms with van der Waals surface area (Å²) < 4.78 is 5.09. The summed E-state index contributed by atoms with van der Waals surface area (Å²) in [6.07, 6.45) is -0.741. The van der Waals surface area contributed by atoms with Crippen LogP contribution < -0.4 is 11.1 Å². The fraction of sp³-hybridized carbons (Fsp3) is 0.500. The first-order valence-corrected chi connectivity index (χ1v) is 8.36. The average molecular weight is 340 g/mol. The molecule has 1 aromatic carbocycles. The zero-order chi connectivity index (χ0) is 17.5. The molecule has 0 radical (unpaired) electrons. The molecule has 0 heterocycles. The summed E-state index contributed by atoms with van der Waals surface area (Å²) in [4.78, 5) is 23.1. The van der Waals surface area contributed by atoms with E-state index in [0.29, 0.717) is 6.54 Å². The van der Waals surface area contributed by atoms with Gasteiger partial charge in [-0.3, -0.25) is 0 Å². The summed E-state index contributed by atoms with van der Waals surface area (Å²) in [7, 11) is 0. The van der Waals surface area contributed by atoms with E-state index in [2.05, 4.69) is 5.32 Å². The second-order valence-corrected chi connectivity index (χ2v) is 7.24. The lowest BCUT2D eigenvalue weighted by Gasteiger charge is -2.23. The van der Waals surface area contributed by atoms with Gasteiger partial charge in [-0.1, -0.05) is 30.3 Å². The van der Waals surface area contributed by atoms with E-state index in [4.69, 9.17) is 10.5 Å². The highest BCUT2D eigenvalue weighted by atomic mass is 32.2. The molecule has 1 aromatic rings. The van der Waals surface area contributed by atoms with Crippen molar-refractivity contribution in [2.75, 3.05) is 12.3 Å². The van der Waals surface area contributed by atoms with Crippen LogP contribution in [0.15, 0.2) is 30.3 Å². The Morgan fingerprint density at radius 3 is 2.39 bits per heavy atom. The number of amides is 1. The van der Waals surface area contributed by atoms with Gasteiger partial charge < -0.3 is 20.9 Å². The first-order chi connectivity index (χ1) is 10.7. The topological polar surface area (TPSA) is 102 Å². The number of ether oxygens (including phenoxy) is 1. The lowest BCUT2D eigenvalue weighted by atomic mass is 10.1. The van der Waals surface area contributed by atoms with Crippen LogP contribution in [-0.2, 0) is 9.53 Å². The molecule has 128 valence electrons. The number of nitrogens with one attached hydrogen (secondary N) is 1. The Hall–Kier alpha value is -1.73. The zero-order valence-electron chi connectivity index (χ0n) is 13.6. The van der Waals surface area contributed by atoms with E-state index >= 15 is 0 Å². The Morgan fingerprint density at radius 2 is 1.91 bits per heavy atom. The molecule has 0 aliphatic heterocycles. The number of carbonyl (C=O) groups excluding carboxylic acids is 1. The van der Waals surface area contributed by atoms with Gasteiger partial charge in [-0.15, -0.1) is 11.8 Å². The maximum absolute atomic E-state index is 11.7. The van der Waals surface area contributed by atoms with Gasteiger partial charge in [0.1, 0.15) is 11.6 Å². The second-order valence-electron chi connectivity index (χ2n) is 6.01. The third kappa shape index (κ3) is 7.38. The van der Waals surface area contributed by atoms with Crippen molar-refractivity contribution in [1.82, 2.24) is 5.32 Å². The van der Waals surface area contributed by atoms with Crippen LogP contribution >= 0.6 is 11.8 Å². The van der Waals surface area contributed by atoms with Crippen molar-refractivity contribution < 1.29 is 19.4 Å². The monoisotopic (exact) mass is 340 g/mol. The minimum atomic E-state index is -1.10. The summed E-state index contributed by atoms with van der Waals surface area (Å²) in [6.45, 7) is 5.54. The van der Waals surface area contributed by atoms with E-state index in [1.54, 1.807) is 20.8 Å². The molecule has 0 saturated carbocycles. The smallest absolute Gasteiger partial charge is 0.408 e. The predicted molar refractivity (Wildman–Crippen MR) is 91.5 cm³/mol. The molecule has 7 heteroatoms. The molecule has 0 aliphatic rings. The normalized spacial score (nSPS) is 13.9. The number of hydrogen-bond donors (Lipinski definition) is 3. The first-order valence-electron chi connectivity index (χ1n) is 7.32. The fourth-order valence-electron chi connectivity index (χ4n) is 1.80. The average Bonchev–Trinajstić information content (AvgIpc) is 2.45. The minimum absolute atomic E-state index is 0.0292. The molecule has 0 aromatic heterocycles. The molecule has 2 atom stereocenters. The number of nitrogens with two attached hydrogens (primary N) is 1. The van der Waals surface area contributed by atoms with E-state index < -0.39 is 23.7 Å². The number of carboxylic acids is 1. The van der Waals surface area contributed by atoms with Crippen molar-refractivity contribution >= 4 is 23.8 Å². The van der Waals surface area contributed by atoms with Gasteiger partial charge >= 0.3 is 12.1 Å². The maximum Gasteiger partial charge on any atom is 0.408 e. The van der Waals surface area contributed by atoms with Crippen molar-refractivity contribution in [3.8, 4) is 0 Å². The largest absolute Gasteiger partial charge is 0.480 e. The van der Waals surface area contributed by atoms with Crippen molar-refractivity contribution in [3.63, 3.8) is 0 Å². The number of benzene rings is 1. The second kappa shape index (κ2) is 8.79. The summed E-state index contributed by atoms with van der Waals surface area (Å²) in [5, 5.41) is 11.6. The third-order valence-corrected chi connectivity index (χ3v) is 4.23. The molecule has 23 heavy (non-hydrogen) atoms. The number of hydrogen-bond acceptors (Lipinski definition) is 5. The van der Waals surface area contributed by atoms with Crippen LogP contribution in [0, 0.1) is 0 Å². The number of carboxylic acid groups (broad SMARTS) is 1. The standard InChI is InChI=1S/C16H24N2O4S/c1-16(2,3)22-15(21)18-12(14(19)20)10-23-13(9-17)11-7-5-4-6-8-11/h4-8,12-13H,9-10,17H2,1-3H3,(H,18,21)(H,19,20)/t12-,13?/m1/s1. The highest BCUT2D eigenvalue weighted by Crippen LogP contribution is 2.28. The highest BCUT2D eigenvalue weighted by Gasteiger charge is 2.25. The molecule has 0 spiro atoms. The molecular formula is C16H24N2O4S. The highest BCUT2D eigenvalue weighted by molar-refractivity contribution is 7.99. The van der Waals surface area contributed by atoms with Gasteiger partial charge in [-0.2, -0.15) is 0 Å². The van der Waals surface area contributed by atoms with E-state index in [9.17, 15) is 14.7 Å². The molecule has 4 N–H and O–H groups in total. The van der Waals surface area contributed by atoms with Crippen LogP contribution in [0.25, 0.3) is 0 Å². The van der Waals surface area contributed by atoms with Crippen molar-refractivity contribution in [3.05, 3.63) is 35.9 Å². The quantitative estimate of drug-likeness (QED) is 0.704. The van der Waals surface area contributed by atoms with E-state index in [1.165, 1.54) is 11.8 Å². The number of thioether (sulfide) groups is 1. The van der Waals surface area contributed by atoms with Gasteiger partial charge in [0.15, 0.2) is 0 Å². The summed E-state index contributed by atoms with van der Waals surface area (Å²) in [6, 6.07) is 8.58. The number of rotatable bonds is 7. The van der Waals surface area contributed by atoms with Gasteiger partial charge in [0, 0.05) is 17.5 Å². The third-order valence-electron chi connectivity index (χ3n) is 2.84. The van der Waals surface area contributed by atoms with Crippen molar-refractivity contribution in [2.24, 2.45) is 5.73 Å². The fourth-order valence-corrected chi connectivity index (χ4v) is 2.94. The van der Waals surface area contributed by atoms with Crippen LogP contribution in [0.4, 0.5) is 4.79 Å². The van der Waals surface area contributed by atoms with Crippen molar-refractivity contribution in [1.29, 1.82) is 0 Å². The Labute approximate surface area is 140 Å². The van der Waals surface area contributed by atoms with Crippen LogP contribution in [0.3, 0.4) is 0 Å². The van der Waals surface area contributed by atoms with Crippen LogP contribution in [0.2, 0.25) is 0 Å². The van der Waals surface area contributed by atoms with Gasteiger partial charge in [0.25, 0.3) is 0 Å². The molecule has 0 fully saturated rings. The molecule has 6 nitrogen and oxygen atoms in total. The van der Waals surface area contributed by atoms with E-state index in [-0.39, 0.29) is 11.0 Å². The Balaban J connectivity index is 2.62. The predicted octanol–water partition coefficient (Wildman–Crippen LogP) is 2.40. The molecule has 1 rings (SSSR count). The SMILES string of the molecule is CC(C)(C)OC(=O)N[C@H](CSC(CN)c1ccccc1)C(=O)O. The Morgan fingerprint density at radius 1 is 1.30 bits per heavy atom. The van der Waals surface area contributed by atoms with Gasteiger partial charge in [-0.05, 0) is 26.3 Å². The van der Waals surface area contributed by atoms with Gasteiger partial charge in [0.05, 0.1) is 0 Å². The van der Waals surface area contributed by atoms with Crippen molar-refractivity contribution in [2.45, 2.75) is 37.7 Å². The lowest BCUT2D eigenvalue weighted by molar-refractivity contribution is -0.138. The molecule has 0 aliphatic carbocycles. The number of carbonyl (C=O) groups is 2. The lowest BCUT2D eigenvalue weighted by Crippen LogP contribution is -2.45. The molecular weight excluding hydrogens is 316 g/mol. The Bertz CT molecular complexity index is 517.